The Kier molecular flexibility index (Phi) is 3.33. The first-order valence-electron chi connectivity index (χ1n) is 5.81. The average molecular weight is 234 g/mol. The predicted octanol–water partition coefficient (Wildman–Crippen LogP) is 1.78. The van der Waals surface area contributed by atoms with E-state index in [-0.39, 0.29) is 11.4 Å². The largest absolute Gasteiger partial charge is 0.495 e. The summed E-state index contributed by atoms with van der Waals surface area (Å²) < 4.78 is 5.17. The minimum atomic E-state index is -0.0392. The Labute approximate surface area is 101 Å². The van der Waals surface area contributed by atoms with Crippen LogP contribution in [-0.4, -0.2) is 25.1 Å². The highest BCUT2D eigenvalue weighted by molar-refractivity contribution is 5.93. The van der Waals surface area contributed by atoms with Crippen molar-refractivity contribution in [2.75, 3.05) is 19.0 Å². The van der Waals surface area contributed by atoms with Crippen molar-refractivity contribution < 1.29 is 9.53 Å². The molecule has 0 heterocycles. The number of para-hydroxylation sites is 2. The van der Waals surface area contributed by atoms with Gasteiger partial charge in [-0.1, -0.05) is 12.1 Å². The fraction of sp³-hybridized carbons (Fsp3) is 0.462. The number of ether oxygens (including phenoxy) is 1. The van der Waals surface area contributed by atoms with E-state index in [2.05, 4.69) is 17.6 Å². The number of benzene rings is 1. The molecule has 17 heavy (non-hydrogen) atoms. The molecule has 2 N–H and O–H groups in total. The highest BCUT2D eigenvalue weighted by Crippen LogP contribution is 2.33. The van der Waals surface area contributed by atoms with Crippen LogP contribution >= 0.6 is 0 Å². The second-order valence-electron chi connectivity index (χ2n) is 4.66. The van der Waals surface area contributed by atoms with Crippen LogP contribution in [0.25, 0.3) is 0 Å². The lowest BCUT2D eigenvalue weighted by Gasteiger charge is -2.13. The van der Waals surface area contributed by atoms with Gasteiger partial charge in [0.1, 0.15) is 5.75 Å². The highest BCUT2D eigenvalue weighted by atomic mass is 16.5. The van der Waals surface area contributed by atoms with Crippen LogP contribution in [0.3, 0.4) is 0 Å². The van der Waals surface area contributed by atoms with Gasteiger partial charge >= 0.3 is 0 Å². The predicted molar refractivity (Wildman–Crippen MR) is 67.3 cm³/mol. The van der Waals surface area contributed by atoms with E-state index in [9.17, 15) is 4.79 Å². The Hall–Kier alpha value is -1.55. The van der Waals surface area contributed by atoms with Crippen LogP contribution in [-0.2, 0) is 4.79 Å². The maximum Gasteiger partial charge on any atom is 0.238 e. The standard InChI is InChI=1S/C13H18N2O2/c1-13(7-8-13)14-9-12(16)15-10-5-3-4-6-11(10)17-2/h3-6,14H,7-9H2,1-2H3,(H,15,16). The van der Waals surface area contributed by atoms with E-state index in [4.69, 9.17) is 4.74 Å². The zero-order valence-corrected chi connectivity index (χ0v) is 10.2. The second-order valence-corrected chi connectivity index (χ2v) is 4.66. The van der Waals surface area contributed by atoms with Crippen molar-refractivity contribution in [1.82, 2.24) is 5.32 Å². The van der Waals surface area contributed by atoms with Gasteiger partial charge in [0, 0.05) is 5.54 Å². The monoisotopic (exact) mass is 234 g/mol. The Morgan fingerprint density at radius 1 is 1.41 bits per heavy atom. The Balaban J connectivity index is 1.88. The number of rotatable bonds is 5. The van der Waals surface area contributed by atoms with Gasteiger partial charge < -0.3 is 15.4 Å². The first-order chi connectivity index (χ1) is 8.13. The molecule has 0 aliphatic heterocycles. The molecule has 0 aromatic heterocycles. The number of carbonyl (C=O) groups is 1. The van der Waals surface area contributed by atoms with Gasteiger partial charge in [0.05, 0.1) is 19.3 Å². The fourth-order valence-electron chi connectivity index (χ4n) is 1.60. The summed E-state index contributed by atoms with van der Waals surface area (Å²) in [6, 6.07) is 7.40. The summed E-state index contributed by atoms with van der Waals surface area (Å²) in [5.74, 6) is 0.640. The third-order valence-electron chi connectivity index (χ3n) is 3.06. The van der Waals surface area contributed by atoms with Gasteiger partial charge in [-0.05, 0) is 31.9 Å². The van der Waals surface area contributed by atoms with Gasteiger partial charge in [-0.25, -0.2) is 0 Å². The first kappa shape index (κ1) is 11.9. The van der Waals surface area contributed by atoms with Crippen LogP contribution in [0.1, 0.15) is 19.8 Å². The normalized spacial score (nSPS) is 16.4. The van der Waals surface area contributed by atoms with Crippen molar-refractivity contribution >= 4 is 11.6 Å². The number of hydrogen-bond donors (Lipinski definition) is 2. The summed E-state index contributed by atoms with van der Waals surface area (Å²) >= 11 is 0. The number of nitrogens with one attached hydrogen (secondary N) is 2. The van der Waals surface area contributed by atoms with E-state index in [0.717, 1.165) is 12.8 Å². The molecule has 1 aromatic rings. The molecule has 0 saturated heterocycles. The summed E-state index contributed by atoms with van der Waals surface area (Å²) in [7, 11) is 1.59. The van der Waals surface area contributed by atoms with Crippen LogP contribution in [0.5, 0.6) is 5.75 Å². The molecule has 1 fully saturated rings. The molecule has 1 aromatic carbocycles. The number of anilines is 1. The van der Waals surface area contributed by atoms with E-state index in [1.165, 1.54) is 0 Å². The summed E-state index contributed by atoms with van der Waals surface area (Å²) in [4.78, 5) is 11.7. The average Bonchev–Trinajstić information content (AvgIpc) is 3.06. The Morgan fingerprint density at radius 3 is 2.76 bits per heavy atom. The van der Waals surface area contributed by atoms with Crippen LogP contribution in [0.4, 0.5) is 5.69 Å². The second kappa shape index (κ2) is 4.75. The lowest BCUT2D eigenvalue weighted by molar-refractivity contribution is -0.115. The van der Waals surface area contributed by atoms with Gasteiger partial charge in [0.15, 0.2) is 0 Å². The maximum absolute atomic E-state index is 11.7. The molecule has 0 radical (unpaired) electrons. The van der Waals surface area contributed by atoms with Gasteiger partial charge in [0.2, 0.25) is 5.91 Å². The fourth-order valence-corrected chi connectivity index (χ4v) is 1.60. The van der Waals surface area contributed by atoms with E-state index in [1.807, 2.05) is 24.3 Å². The molecule has 1 aliphatic carbocycles. The topological polar surface area (TPSA) is 50.4 Å². The van der Waals surface area contributed by atoms with Crippen LogP contribution in [0.15, 0.2) is 24.3 Å². The zero-order chi connectivity index (χ0) is 12.3. The zero-order valence-electron chi connectivity index (χ0n) is 10.2. The minimum Gasteiger partial charge on any atom is -0.495 e. The molecule has 4 nitrogen and oxygen atoms in total. The molecular weight excluding hydrogens is 216 g/mol. The van der Waals surface area contributed by atoms with Crippen molar-refractivity contribution in [3.8, 4) is 5.75 Å². The van der Waals surface area contributed by atoms with Crippen LogP contribution < -0.4 is 15.4 Å². The van der Waals surface area contributed by atoms with Gasteiger partial charge in [-0.2, -0.15) is 0 Å². The Morgan fingerprint density at radius 2 is 2.12 bits per heavy atom. The van der Waals surface area contributed by atoms with Crippen LogP contribution in [0, 0.1) is 0 Å². The molecule has 1 saturated carbocycles. The van der Waals surface area contributed by atoms with E-state index in [1.54, 1.807) is 7.11 Å². The van der Waals surface area contributed by atoms with Crippen LogP contribution in [0.2, 0.25) is 0 Å². The molecule has 1 amide bonds. The molecule has 1 aliphatic rings. The lowest BCUT2D eigenvalue weighted by atomic mass is 10.3. The summed E-state index contributed by atoms with van der Waals surface area (Å²) in [6.45, 7) is 2.47. The van der Waals surface area contributed by atoms with E-state index < -0.39 is 0 Å². The van der Waals surface area contributed by atoms with Crippen molar-refractivity contribution in [2.45, 2.75) is 25.3 Å². The molecule has 2 rings (SSSR count). The smallest absolute Gasteiger partial charge is 0.238 e. The van der Waals surface area contributed by atoms with Crippen molar-refractivity contribution in [3.05, 3.63) is 24.3 Å². The number of methoxy groups -OCH3 is 1. The van der Waals surface area contributed by atoms with Crippen molar-refractivity contribution in [2.24, 2.45) is 0 Å². The Bertz CT molecular complexity index is 414. The summed E-state index contributed by atoms with van der Waals surface area (Å²) in [5, 5.41) is 6.07. The van der Waals surface area contributed by atoms with Crippen molar-refractivity contribution in [3.63, 3.8) is 0 Å². The van der Waals surface area contributed by atoms with E-state index >= 15 is 0 Å². The SMILES string of the molecule is COc1ccccc1NC(=O)CNC1(C)CC1. The maximum atomic E-state index is 11.7. The van der Waals surface area contributed by atoms with Gasteiger partial charge in [0.25, 0.3) is 0 Å². The summed E-state index contributed by atoms with van der Waals surface area (Å²) in [6.07, 6.45) is 2.30. The highest BCUT2D eigenvalue weighted by Gasteiger charge is 2.36. The molecule has 0 atom stereocenters. The molecule has 0 spiro atoms. The number of hydrogen-bond acceptors (Lipinski definition) is 3. The number of amides is 1. The first-order valence-corrected chi connectivity index (χ1v) is 5.81. The van der Waals surface area contributed by atoms with Gasteiger partial charge in [-0.15, -0.1) is 0 Å². The molecule has 92 valence electrons. The van der Waals surface area contributed by atoms with Gasteiger partial charge in [-0.3, -0.25) is 4.79 Å². The van der Waals surface area contributed by atoms with E-state index in [0.29, 0.717) is 18.0 Å². The lowest BCUT2D eigenvalue weighted by Crippen LogP contribution is -2.35. The molecule has 0 unspecified atom stereocenters. The molecular formula is C13H18N2O2. The number of carbonyl (C=O) groups excluding carboxylic acids is 1. The minimum absolute atomic E-state index is 0.0392. The third kappa shape index (κ3) is 3.20. The third-order valence-corrected chi connectivity index (χ3v) is 3.06. The summed E-state index contributed by atoms with van der Waals surface area (Å²) in [5.41, 5.74) is 0.890. The molecule has 4 heteroatoms. The van der Waals surface area contributed by atoms with Crippen molar-refractivity contribution in [1.29, 1.82) is 0 Å². The quantitative estimate of drug-likeness (QED) is 0.816. The molecule has 0 bridgehead atoms.